The van der Waals surface area contributed by atoms with Crippen LogP contribution in [-0.4, -0.2) is 9.97 Å². The van der Waals surface area contributed by atoms with Gasteiger partial charge in [-0.25, -0.2) is 9.97 Å². The highest BCUT2D eigenvalue weighted by atomic mass is 14.9. The van der Waals surface area contributed by atoms with Crippen LogP contribution in [0.5, 0.6) is 0 Å². The summed E-state index contributed by atoms with van der Waals surface area (Å²) in [6.07, 6.45) is 12.0. The molecule has 0 saturated heterocycles. The molecule has 0 N–H and O–H groups in total. The summed E-state index contributed by atoms with van der Waals surface area (Å²) in [5.74, 6) is 0.808. The van der Waals surface area contributed by atoms with Crippen LogP contribution in [0.2, 0.25) is 0 Å². The number of allylic oxidation sites excluding steroid dienone is 7. The van der Waals surface area contributed by atoms with E-state index >= 15 is 0 Å². The minimum Gasteiger partial charge on any atom is -0.228 e. The number of rotatable bonds is 7. The molecule has 0 saturated carbocycles. The highest BCUT2D eigenvalue weighted by molar-refractivity contribution is 5.77. The van der Waals surface area contributed by atoms with Crippen LogP contribution < -0.4 is 0 Å². The Kier molecular flexibility index (Phi) is 7.28. The molecule has 1 heterocycles. The number of hydrogen-bond acceptors (Lipinski definition) is 2. The van der Waals surface area contributed by atoms with Crippen LogP contribution in [0.1, 0.15) is 50.7 Å². The minimum atomic E-state index is 0.808. The standard InChI is InChI=1S/C24H28N2/c1-6-11-19(9-4)24-25-22(20(12-7-2)13-8-3)17-23(26-24)21-15-10-14-18(5)16-21/h7-10,12-17H,2,6,11H2,1,3-5H3/b13-8-,19-9+,20-12+. The van der Waals surface area contributed by atoms with Crippen molar-refractivity contribution < 1.29 is 0 Å². The molecule has 0 spiro atoms. The van der Waals surface area contributed by atoms with Gasteiger partial charge in [0.25, 0.3) is 0 Å². The molecule has 1 aromatic carbocycles. The van der Waals surface area contributed by atoms with Gasteiger partial charge in [0.05, 0.1) is 11.4 Å². The Morgan fingerprint density at radius 3 is 2.58 bits per heavy atom. The van der Waals surface area contributed by atoms with E-state index in [1.165, 1.54) is 11.1 Å². The zero-order valence-electron chi connectivity index (χ0n) is 16.3. The van der Waals surface area contributed by atoms with Gasteiger partial charge in [0.2, 0.25) is 0 Å². The van der Waals surface area contributed by atoms with E-state index in [9.17, 15) is 0 Å². The maximum Gasteiger partial charge on any atom is 0.156 e. The molecule has 0 aliphatic rings. The maximum absolute atomic E-state index is 4.88. The van der Waals surface area contributed by atoms with Crippen molar-refractivity contribution >= 4 is 11.1 Å². The van der Waals surface area contributed by atoms with Gasteiger partial charge in [0.15, 0.2) is 5.82 Å². The zero-order chi connectivity index (χ0) is 18.9. The Hall–Kier alpha value is -2.74. The van der Waals surface area contributed by atoms with Crippen molar-refractivity contribution in [2.24, 2.45) is 0 Å². The van der Waals surface area contributed by atoms with Gasteiger partial charge in [-0.1, -0.05) is 74.1 Å². The summed E-state index contributed by atoms with van der Waals surface area (Å²) in [5, 5.41) is 0. The van der Waals surface area contributed by atoms with Crippen LogP contribution in [0.4, 0.5) is 0 Å². The summed E-state index contributed by atoms with van der Waals surface area (Å²) >= 11 is 0. The first-order chi connectivity index (χ1) is 12.6. The SMILES string of the molecule is C=C/C=C(\C=C/C)c1cc(-c2cccc(C)c2)nc(/C(=C/C)CCC)n1. The Morgan fingerprint density at radius 1 is 1.15 bits per heavy atom. The Morgan fingerprint density at radius 2 is 1.96 bits per heavy atom. The molecule has 134 valence electrons. The lowest BCUT2D eigenvalue weighted by atomic mass is 10.0. The number of aromatic nitrogens is 2. The number of hydrogen-bond donors (Lipinski definition) is 0. The fourth-order valence-electron chi connectivity index (χ4n) is 2.88. The second kappa shape index (κ2) is 9.67. The molecule has 2 nitrogen and oxygen atoms in total. The molecule has 0 fully saturated rings. The van der Waals surface area contributed by atoms with Crippen molar-refractivity contribution in [2.45, 2.75) is 40.5 Å². The molecule has 2 heteroatoms. The topological polar surface area (TPSA) is 25.8 Å². The highest BCUT2D eigenvalue weighted by Gasteiger charge is 2.12. The lowest BCUT2D eigenvalue weighted by Crippen LogP contribution is -2.01. The van der Waals surface area contributed by atoms with E-state index in [0.717, 1.165) is 41.2 Å². The fraction of sp³-hybridized carbons (Fsp3) is 0.250. The highest BCUT2D eigenvalue weighted by Crippen LogP contribution is 2.26. The van der Waals surface area contributed by atoms with Crippen molar-refractivity contribution in [3.63, 3.8) is 0 Å². The van der Waals surface area contributed by atoms with Gasteiger partial charge < -0.3 is 0 Å². The van der Waals surface area contributed by atoms with Crippen molar-refractivity contribution in [1.82, 2.24) is 9.97 Å². The van der Waals surface area contributed by atoms with Crippen LogP contribution in [0.15, 0.2) is 67.3 Å². The quantitative estimate of drug-likeness (QED) is 0.516. The molecular formula is C24H28N2. The second-order valence-corrected chi connectivity index (χ2v) is 6.25. The van der Waals surface area contributed by atoms with Gasteiger partial charge in [-0.2, -0.15) is 0 Å². The fourth-order valence-corrected chi connectivity index (χ4v) is 2.88. The number of aryl methyl sites for hydroxylation is 1. The van der Waals surface area contributed by atoms with Crippen LogP contribution in [0.3, 0.4) is 0 Å². The lowest BCUT2D eigenvalue weighted by molar-refractivity contribution is 0.946. The van der Waals surface area contributed by atoms with Gasteiger partial charge in [0, 0.05) is 5.56 Å². The van der Waals surface area contributed by atoms with E-state index in [-0.39, 0.29) is 0 Å². The molecule has 0 aliphatic heterocycles. The van der Waals surface area contributed by atoms with Crippen LogP contribution in [-0.2, 0) is 0 Å². The largest absolute Gasteiger partial charge is 0.228 e. The van der Waals surface area contributed by atoms with Crippen molar-refractivity contribution in [1.29, 1.82) is 0 Å². The van der Waals surface area contributed by atoms with Gasteiger partial charge in [-0.05, 0) is 50.5 Å². The summed E-state index contributed by atoms with van der Waals surface area (Å²) in [7, 11) is 0. The summed E-state index contributed by atoms with van der Waals surface area (Å²) < 4.78 is 0. The Labute approximate surface area is 157 Å². The third-order valence-corrected chi connectivity index (χ3v) is 4.13. The predicted octanol–water partition coefficient (Wildman–Crippen LogP) is 6.80. The molecule has 0 aliphatic carbocycles. The lowest BCUT2D eigenvalue weighted by Gasteiger charge is -2.11. The third kappa shape index (κ3) is 4.89. The number of benzene rings is 1. The van der Waals surface area contributed by atoms with E-state index in [0.29, 0.717) is 0 Å². The summed E-state index contributed by atoms with van der Waals surface area (Å²) in [6, 6.07) is 10.5. The van der Waals surface area contributed by atoms with E-state index in [4.69, 9.17) is 9.97 Å². The van der Waals surface area contributed by atoms with E-state index in [1.807, 2.05) is 19.1 Å². The molecule has 2 aromatic rings. The molecule has 26 heavy (non-hydrogen) atoms. The summed E-state index contributed by atoms with van der Waals surface area (Å²) in [4.78, 5) is 9.74. The molecule has 0 unspecified atom stereocenters. The first-order valence-corrected chi connectivity index (χ1v) is 9.20. The van der Waals surface area contributed by atoms with Crippen LogP contribution in [0.25, 0.3) is 22.4 Å². The average Bonchev–Trinajstić information content (AvgIpc) is 2.65. The Balaban J connectivity index is 2.70. The van der Waals surface area contributed by atoms with Crippen molar-refractivity contribution in [3.05, 3.63) is 84.4 Å². The molecule has 0 atom stereocenters. The van der Waals surface area contributed by atoms with Crippen molar-refractivity contribution in [3.8, 4) is 11.3 Å². The molecule has 1 aromatic heterocycles. The molecule has 0 bridgehead atoms. The van der Waals surface area contributed by atoms with Gasteiger partial charge in [0.1, 0.15) is 0 Å². The maximum atomic E-state index is 4.88. The molecular weight excluding hydrogens is 316 g/mol. The van der Waals surface area contributed by atoms with Crippen LogP contribution >= 0.6 is 0 Å². The summed E-state index contributed by atoms with van der Waals surface area (Å²) in [5.41, 5.74) is 6.41. The van der Waals surface area contributed by atoms with Gasteiger partial charge in [-0.3, -0.25) is 0 Å². The minimum absolute atomic E-state index is 0.808. The zero-order valence-corrected chi connectivity index (χ0v) is 16.3. The second-order valence-electron chi connectivity index (χ2n) is 6.25. The Bertz CT molecular complexity index is 854. The monoisotopic (exact) mass is 344 g/mol. The number of nitrogens with zero attached hydrogens (tertiary/aromatic N) is 2. The van der Waals surface area contributed by atoms with Crippen LogP contribution in [0, 0.1) is 6.92 Å². The molecule has 0 amide bonds. The average molecular weight is 345 g/mol. The van der Waals surface area contributed by atoms with E-state index in [1.54, 1.807) is 6.08 Å². The third-order valence-electron chi connectivity index (χ3n) is 4.13. The van der Waals surface area contributed by atoms with Gasteiger partial charge in [-0.15, -0.1) is 0 Å². The van der Waals surface area contributed by atoms with E-state index < -0.39 is 0 Å². The van der Waals surface area contributed by atoms with E-state index in [2.05, 4.69) is 69.8 Å². The van der Waals surface area contributed by atoms with Gasteiger partial charge >= 0.3 is 0 Å². The first-order valence-electron chi connectivity index (χ1n) is 9.20. The van der Waals surface area contributed by atoms with Crippen molar-refractivity contribution in [2.75, 3.05) is 0 Å². The first kappa shape index (κ1) is 19.6. The normalized spacial score (nSPS) is 12.6. The molecule has 2 rings (SSSR count). The smallest absolute Gasteiger partial charge is 0.156 e. The molecule has 0 radical (unpaired) electrons. The summed E-state index contributed by atoms with van der Waals surface area (Å²) in [6.45, 7) is 12.2. The predicted molar refractivity (Wildman–Crippen MR) is 114 cm³/mol.